The van der Waals surface area contributed by atoms with Gasteiger partial charge in [0.1, 0.15) is 5.69 Å². The van der Waals surface area contributed by atoms with Gasteiger partial charge in [-0.3, -0.25) is 9.48 Å². The van der Waals surface area contributed by atoms with Crippen molar-refractivity contribution in [2.24, 2.45) is 7.05 Å². The summed E-state index contributed by atoms with van der Waals surface area (Å²) in [6.07, 6.45) is -2.39. The van der Waals surface area contributed by atoms with Gasteiger partial charge in [0.15, 0.2) is 0 Å². The first-order chi connectivity index (χ1) is 11.3. The molecule has 0 bridgehead atoms. The van der Waals surface area contributed by atoms with E-state index in [0.717, 1.165) is 24.6 Å². The number of hydrogen-bond donors (Lipinski definition) is 1. The van der Waals surface area contributed by atoms with Crippen molar-refractivity contribution in [3.05, 3.63) is 51.8 Å². The fourth-order valence-corrected chi connectivity index (χ4v) is 2.78. The summed E-state index contributed by atoms with van der Waals surface area (Å²) in [4.78, 5) is 12.3. The van der Waals surface area contributed by atoms with Crippen molar-refractivity contribution in [1.82, 2.24) is 15.1 Å². The summed E-state index contributed by atoms with van der Waals surface area (Å²) in [6.45, 7) is -0.0917. The van der Waals surface area contributed by atoms with Crippen molar-refractivity contribution in [3.8, 4) is 0 Å². The van der Waals surface area contributed by atoms with Crippen LogP contribution in [0.4, 0.5) is 13.2 Å². The zero-order valence-corrected chi connectivity index (χ0v) is 13.6. The van der Waals surface area contributed by atoms with Gasteiger partial charge in [0, 0.05) is 19.5 Å². The molecule has 1 heterocycles. The highest BCUT2D eigenvalue weighted by molar-refractivity contribution is 6.32. The Morgan fingerprint density at radius 3 is 2.75 bits per heavy atom. The molecule has 0 atom stereocenters. The Balaban J connectivity index is 1.73. The van der Waals surface area contributed by atoms with Crippen molar-refractivity contribution < 1.29 is 18.0 Å². The lowest BCUT2D eigenvalue weighted by molar-refractivity contribution is -0.137. The number of nitrogens with one attached hydrogen (secondary N) is 1. The van der Waals surface area contributed by atoms with Gasteiger partial charge >= 0.3 is 6.18 Å². The molecule has 1 fully saturated rings. The van der Waals surface area contributed by atoms with Gasteiger partial charge in [0.2, 0.25) is 0 Å². The van der Waals surface area contributed by atoms with Gasteiger partial charge in [-0.1, -0.05) is 23.7 Å². The average Bonchev–Trinajstić information content (AvgIpc) is 3.27. The predicted molar refractivity (Wildman–Crippen MR) is 82.8 cm³/mol. The molecule has 1 N–H and O–H groups in total. The lowest BCUT2D eigenvalue weighted by Crippen LogP contribution is -2.25. The van der Waals surface area contributed by atoms with Crippen LogP contribution in [0.25, 0.3) is 0 Å². The monoisotopic (exact) mass is 357 g/mol. The normalized spacial score (nSPS) is 14.7. The second-order valence-corrected chi connectivity index (χ2v) is 6.19. The molecule has 1 amide bonds. The maximum Gasteiger partial charge on any atom is 0.417 e. The molecule has 24 heavy (non-hydrogen) atoms. The number of carbonyl (C=O) groups excluding carboxylic acids is 1. The van der Waals surface area contributed by atoms with E-state index in [9.17, 15) is 18.0 Å². The Morgan fingerprint density at radius 2 is 2.12 bits per heavy atom. The second-order valence-electron chi connectivity index (χ2n) is 5.81. The molecule has 0 aliphatic heterocycles. The Labute approximate surface area is 141 Å². The van der Waals surface area contributed by atoms with Gasteiger partial charge in [0.05, 0.1) is 16.3 Å². The number of carbonyl (C=O) groups is 1. The number of alkyl halides is 3. The minimum absolute atomic E-state index is 0.0917. The number of aryl methyl sites for hydroxylation is 1. The van der Waals surface area contributed by atoms with E-state index < -0.39 is 22.7 Å². The maximum atomic E-state index is 12.8. The molecule has 1 aliphatic carbocycles. The molecule has 0 radical (unpaired) electrons. The molecule has 1 saturated carbocycles. The average molecular weight is 358 g/mol. The number of nitrogens with zero attached hydrogens (tertiary/aromatic N) is 2. The first kappa shape index (κ1) is 16.8. The van der Waals surface area contributed by atoms with Gasteiger partial charge in [-0.05, 0) is 30.5 Å². The van der Waals surface area contributed by atoms with Crippen molar-refractivity contribution in [2.45, 2.75) is 31.5 Å². The minimum atomic E-state index is -4.53. The first-order valence-electron chi connectivity index (χ1n) is 7.44. The highest BCUT2D eigenvalue weighted by Crippen LogP contribution is 2.39. The molecular weight excluding hydrogens is 343 g/mol. The zero-order chi connectivity index (χ0) is 17.5. The van der Waals surface area contributed by atoms with Crippen LogP contribution >= 0.6 is 11.6 Å². The molecule has 128 valence electrons. The molecule has 0 saturated heterocycles. The maximum absolute atomic E-state index is 12.8. The summed E-state index contributed by atoms with van der Waals surface area (Å²) < 4.78 is 40.0. The van der Waals surface area contributed by atoms with E-state index in [-0.39, 0.29) is 12.1 Å². The van der Waals surface area contributed by atoms with Crippen LogP contribution in [-0.4, -0.2) is 15.7 Å². The van der Waals surface area contributed by atoms with Crippen LogP contribution in [0.5, 0.6) is 0 Å². The molecule has 4 nitrogen and oxygen atoms in total. The fourth-order valence-electron chi connectivity index (χ4n) is 2.48. The second kappa shape index (κ2) is 6.12. The Hall–Kier alpha value is -2.02. The SMILES string of the molecule is Cn1nc(C2CC2)cc1C(=O)NCc1cccc(C(F)(F)F)c1Cl. The van der Waals surface area contributed by atoms with Crippen LogP contribution in [-0.2, 0) is 19.8 Å². The number of amides is 1. The Kier molecular flexibility index (Phi) is 4.29. The Morgan fingerprint density at radius 1 is 1.42 bits per heavy atom. The Bertz CT molecular complexity index is 781. The largest absolute Gasteiger partial charge is 0.417 e. The van der Waals surface area contributed by atoms with Gasteiger partial charge < -0.3 is 5.32 Å². The van der Waals surface area contributed by atoms with Gasteiger partial charge in [-0.25, -0.2) is 0 Å². The van der Waals surface area contributed by atoms with Crippen LogP contribution in [0.1, 0.15) is 46.1 Å². The number of halogens is 4. The van der Waals surface area contributed by atoms with Crippen LogP contribution < -0.4 is 5.32 Å². The van der Waals surface area contributed by atoms with E-state index in [4.69, 9.17) is 11.6 Å². The van der Waals surface area contributed by atoms with E-state index in [2.05, 4.69) is 10.4 Å². The topological polar surface area (TPSA) is 46.9 Å². The smallest absolute Gasteiger partial charge is 0.347 e. The van der Waals surface area contributed by atoms with Crippen LogP contribution in [0.15, 0.2) is 24.3 Å². The summed E-state index contributed by atoms with van der Waals surface area (Å²) in [5.74, 6) is 0.0149. The molecule has 1 aromatic carbocycles. The van der Waals surface area contributed by atoms with Gasteiger partial charge in [0.25, 0.3) is 5.91 Å². The van der Waals surface area contributed by atoms with E-state index in [0.29, 0.717) is 11.6 Å². The fraction of sp³-hybridized carbons (Fsp3) is 0.375. The lowest BCUT2D eigenvalue weighted by Gasteiger charge is -2.13. The zero-order valence-electron chi connectivity index (χ0n) is 12.8. The lowest BCUT2D eigenvalue weighted by atomic mass is 10.1. The van der Waals surface area contributed by atoms with Crippen LogP contribution in [0.3, 0.4) is 0 Å². The van der Waals surface area contributed by atoms with Crippen LogP contribution in [0, 0.1) is 0 Å². The number of hydrogen-bond acceptors (Lipinski definition) is 2. The molecule has 3 rings (SSSR count). The van der Waals surface area contributed by atoms with Gasteiger partial charge in [-0.15, -0.1) is 0 Å². The highest BCUT2D eigenvalue weighted by atomic mass is 35.5. The van der Waals surface area contributed by atoms with Gasteiger partial charge in [-0.2, -0.15) is 18.3 Å². The number of aromatic nitrogens is 2. The van der Waals surface area contributed by atoms with E-state index in [1.54, 1.807) is 13.1 Å². The number of benzene rings is 1. The van der Waals surface area contributed by atoms with E-state index in [1.165, 1.54) is 16.8 Å². The molecule has 0 spiro atoms. The van der Waals surface area contributed by atoms with Crippen molar-refractivity contribution >= 4 is 17.5 Å². The number of rotatable bonds is 4. The van der Waals surface area contributed by atoms with Crippen molar-refractivity contribution in [3.63, 3.8) is 0 Å². The third-order valence-corrected chi connectivity index (χ3v) is 4.40. The third-order valence-electron chi connectivity index (χ3n) is 3.95. The van der Waals surface area contributed by atoms with Crippen molar-refractivity contribution in [2.75, 3.05) is 0 Å². The van der Waals surface area contributed by atoms with Crippen molar-refractivity contribution in [1.29, 1.82) is 0 Å². The van der Waals surface area contributed by atoms with Crippen LogP contribution in [0.2, 0.25) is 5.02 Å². The first-order valence-corrected chi connectivity index (χ1v) is 7.82. The predicted octanol–water partition coefficient (Wildman–Crippen LogP) is 3.90. The molecule has 8 heteroatoms. The molecule has 1 aromatic heterocycles. The summed E-state index contributed by atoms with van der Waals surface area (Å²) in [7, 11) is 1.66. The summed E-state index contributed by atoms with van der Waals surface area (Å²) >= 11 is 5.82. The van der Waals surface area contributed by atoms with E-state index in [1.807, 2.05) is 0 Å². The highest BCUT2D eigenvalue weighted by Gasteiger charge is 2.34. The summed E-state index contributed by atoms with van der Waals surface area (Å²) in [5, 5.41) is 6.50. The molecule has 1 aliphatic rings. The minimum Gasteiger partial charge on any atom is -0.347 e. The summed E-state index contributed by atoms with van der Waals surface area (Å²) in [5.41, 5.74) is 0.552. The summed E-state index contributed by atoms with van der Waals surface area (Å²) in [6, 6.07) is 5.36. The molecule has 2 aromatic rings. The standard InChI is InChI=1S/C16H15ClF3N3O/c1-23-13(7-12(22-23)9-5-6-9)15(24)21-8-10-3-2-4-11(14(10)17)16(18,19)20/h2-4,7,9H,5-6,8H2,1H3,(H,21,24). The molecule has 0 unspecified atom stereocenters. The molecular formula is C16H15ClF3N3O. The van der Waals surface area contributed by atoms with E-state index >= 15 is 0 Å². The quantitative estimate of drug-likeness (QED) is 0.902. The third kappa shape index (κ3) is 3.40.